The molecule has 1 aliphatic heterocycles. The average Bonchev–Trinajstić information content (AvgIpc) is 3.48. The molecule has 2 N–H and O–H groups in total. The minimum absolute atomic E-state index is 0.0720. The first-order chi connectivity index (χ1) is 14.4. The Bertz CT molecular complexity index is 839. The summed E-state index contributed by atoms with van der Waals surface area (Å²) in [5.74, 6) is 1.38. The van der Waals surface area contributed by atoms with Crippen molar-refractivity contribution in [2.75, 3.05) is 32.0 Å². The van der Waals surface area contributed by atoms with Crippen molar-refractivity contribution in [1.29, 1.82) is 0 Å². The number of benzene rings is 1. The van der Waals surface area contributed by atoms with Crippen molar-refractivity contribution >= 4 is 22.0 Å². The van der Waals surface area contributed by atoms with Gasteiger partial charge in [0.2, 0.25) is 15.9 Å². The molecule has 0 bridgehead atoms. The third kappa shape index (κ3) is 7.95. The number of hydrogen-bond acceptors (Lipinski definition) is 5. The number of urea groups is 1. The molecule has 9 heteroatoms. The molecule has 0 aromatic heterocycles. The summed E-state index contributed by atoms with van der Waals surface area (Å²) in [4.78, 5) is 24.0. The van der Waals surface area contributed by atoms with Crippen molar-refractivity contribution in [2.45, 2.75) is 44.9 Å². The SMILES string of the molecule is O=C1CN(CCCCCS(=O)(=O)NCCCc2cccc(OCC3CC3)c2)C(=O)N1. The Morgan fingerprint density at radius 3 is 2.70 bits per heavy atom. The number of imide groups is 1. The molecule has 0 spiro atoms. The number of nitrogens with zero attached hydrogens (tertiary/aromatic N) is 1. The quantitative estimate of drug-likeness (QED) is 0.342. The van der Waals surface area contributed by atoms with Crippen LogP contribution in [0.2, 0.25) is 0 Å². The molecule has 30 heavy (non-hydrogen) atoms. The molecular formula is C21H31N3O5S. The molecule has 1 heterocycles. The maximum absolute atomic E-state index is 12.1. The minimum atomic E-state index is -3.30. The zero-order chi connectivity index (χ0) is 21.4. The summed E-state index contributed by atoms with van der Waals surface area (Å²) in [6.45, 7) is 1.75. The van der Waals surface area contributed by atoms with Crippen LogP contribution >= 0.6 is 0 Å². The number of hydrogen-bond donors (Lipinski definition) is 2. The number of amides is 3. The topological polar surface area (TPSA) is 105 Å². The highest BCUT2D eigenvalue weighted by Crippen LogP contribution is 2.29. The summed E-state index contributed by atoms with van der Waals surface area (Å²) in [5, 5.41) is 2.22. The summed E-state index contributed by atoms with van der Waals surface area (Å²) >= 11 is 0. The van der Waals surface area contributed by atoms with Crippen LogP contribution in [0.4, 0.5) is 4.79 Å². The van der Waals surface area contributed by atoms with Crippen molar-refractivity contribution in [3.8, 4) is 5.75 Å². The molecule has 1 saturated heterocycles. The highest BCUT2D eigenvalue weighted by atomic mass is 32.2. The van der Waals surface area contributed by atoms with Crippen LogP contribution in [0.1, 0.15) is 44.1 Å². The van der Waals surface area contributed by atoms with Gasteiger partial charge in [0.15, 0.2) is 0 Å². The predicted octanol–water partition coefficient (Wildman–Crippen LogP) is 2.05. The van der Waals surface area contributed by atoms with Gasteiger partial charge in [0, 0.05) is 13.1 Å². The lowest BCUT2D eigenvalue weighted by Crippen LogP contribution is -2.29. The van der Waals surface area contributed by atoms with E-state index >= 15 is 0 Å². The van der Waals surface area contributed by atoms with E-state index in [-0.39, 0.29) is 24.2 Å². The first-order valence-corrected chi connectivity index (χ1v) is 12.3. The van der Waals surface area contributed by atoms with Crippen molar-refractivity contribution in [3.63, 3.8) is 0 Å². The molecule has 0 radical (unpaired) electrons. The largest absolute Gasteiger partial charge is 0.493 e. The fourth-order valence-corrected chi connectivity index (χ4v) is 4.50. The van der Waals surface area contributed by atoms with Gasteiger partial charge in [0.05, 0.1) is 12.4 Å². The lowest BCUT2D eigenvalue weighted by atomic mass is 10.1. The first kappa shape index (κ1) is 22.6. The van der Waals surface area contributed by atoms with Gasteiger partial charge in [0.25, 0.3) is 0 Å². The molecule has 1 aliphatic carbocycles. The second-order valence-corrected chi connectivity index (χ2v) is 9.98. The van der Waals surface area contributed by atoms with Crippen molar-refractivity contribution < 1.29 is 22.7 Å². The number of carbonyl (C=O) groups is 2. The van der Waals surface area contributed by atoms with E-state index in [0.29, 0.717) is 38.3 Å². The van der Waals surface area contributed by atoms with Gasteiger partial charge < -0.3 is 9.64 Å². The highest BCUT2D eigenvalue weighted by Gasteiger charge is 2.25. The summed E-state index contributed by atoms with van der Waals surface area (Å²) in [7, 11) is -3.30. The average molecular weight is 438 g/mol. The maximum atomic E-state index is 12.1. The van der Waals surface area contributed by atoms with Gasteiger partial charge >= 0.3 is 6.03 Å². The number of unbranched alkanes of at least 4 members (excludes halogenated alkanes) is 2. The molecule has 1 saturated carbocycles. The van der Waals surface area contributed by atoms with E-state index in [1.807, 2.05) is 24.3 Å². The second kappa shape index (κ2) is 10.8. The van der Waals surface area contributed by atoms with Gasteiger partial charge in [-0.15, -0.1) is 0 Å². The summed E-state index contributed by atoms with van der Waals surface area (Å²) in [6.07, 6.45) is 5.93. The van der Waals surface area contributed by atoms with Gasteiger partial charge in [-0.05, 0) is 62.1 Å². The monoisotopic (exact) mass is 437 g/mol. The second-order valence-electron chi connectivity index (χ2n) is 8.05. The molecule has 1 aromatic carbocycles. The van der Waals surface area contributed by atoms with Crippen LogP contribution in [0, 0.1) is 5.92 Å². The number of ether oxygens (including phenoxy) is 1. The highest BCUT2D eigenvalue weighted by molar-refractivity contribution is 7.89. The van der Waals surface area contributed by atoms with Crippen LogP contribution in [0.5, 0.6) is 5.75 Å². The molecule has 3 rings (SSSR count). The molecule has 0 atom stereocenters. The molecular weight excluding hydrogens is 406 g/mol. The molecule has 2 fully saturated rings. The maximum Gasteiger partial charge on any atom is 0.324 e. The fraction of sp³-hybridized carbons (Fsp3) is 0.619. The van der Waals surface area contributed by atoms with E-state index in [1.165, 1.54) is 17.7 Å². The van der Waals surface area contributed by atoms with Crippen LogP contribution < -0.4 is 14.8 Å². The Balaban J connectivity index is 1.25. The van der Waals surface area contributed by atoms with E-state index in [2.05, 4.69) is 10.0 Å². The zero-order valence-electron chi connectivity index (χ0n) is 17.3. The Hall–Kier alpha value is -2.13. The van der Waals surface area contributed by atoms with E-state index in [9.17, 15) is 18.0 Å². The van der Waals surface area contributed by atoms with Gasteiger partial charge in [0.1, 0.15) is 12.3 Å². The lowest BCUT2D eigenvalue weighted by molar-refractivity contribution is -0.118. The predicted molar refractivity (Wildman–Crippen MR) is 114 cm³/mol. The van der Waals surface area contributed by atoms with Crippen LogP contribution in [0.3, 0.4) is 0 Å². The molecule has 1 aromatic rings. The van der Waals surface area contributed by atoms with E-state index in [0.717, 1.165) is 30.8 Å². The van der Waals surface area contributed by atoms with E-state index < -0.39 is 10.0 Å². The number of sulfonamides is 1. The van der Waals surface area contributed by atoms with E-state index in [4.69, 9.17) is 4.74 Å². The number of aryl methyl sites for hydroxylation is 1. The molecule has 3 amide bonds. The Morgan fingerprint density at radius 2 is 1.97 bits per heavy atom. The smallest absolute Gasteiger partial charge is 0.324 e. The van der Waals surface area contributed by atoms with Gasteiger partial charge in [-0.2, -0.15) is 0 Å². The van der Waals surface area contributed by atoms with Gasteiger partial charge in [-0.1, -0.05) is 18.6 Å². The van der Waals surface area contributed by atoms with Gasteiger partial charge in [-0.3, -0.25) is 10.1 Å². The summed E-state index contributed by atoms with van der Waals surface area (Å²) in [5.41, 5.74) is 1.15. The minimum Gasteiger partial charge on any atom is -0.493 e. The standard InChI is InChI=1S/C21H31N3O5S/c25-20-15-24(21(26)23-20)12-2-1-3-13-30(27,28)22-11-5-7-17-6-4-8-19(14-17)29-16-18-9-10-18/h4,6,8,14,18,22H,1-3,5,7,9-13,15-16H2,(H,23,25,26). The third-order valence-corrected chi connectivity index (χ3v) is 6.72. The Labute approximate surface area is 178 Å². The van der Waals surface area contributed by atoms with Crippen molar-refractivity contribution in [1.82, 2.24) is 14.9 Å². The van der Waals surface area contributed by atoms with Crippen molar-refractivity contribution in [3.05, 3.63) is 29.8 Å². The molecule has 8 nitrogen and oxygen atoms in total. The van der Waals surface area contributed by atoms with Crippen LogP contribution in [-0.4, -0.2) is 57.3 Å². The third-order valence-electron chi connectivity index (χ3n) is 5.25. The van der Waals surface area contributed by atoms with Crippen LogP contribution in [0.15, 0.2) is 24.3 Å². The van der Waals surface area contributed by atoms with E-state index in [1.54, 1.807) is 0 Å². The normalized spacial score (nSPS) is 16.7. The van der Waals surface area contributed by atoms with Crippen LogP contribution in [-0.2, 0) is 21.2 Å². The van der Waals surface area contributed by atoms with Crippen LogP contribution in [0.25, 0.3) is 0 Å². The summed E-state index contributed by atoms with van der Waals surface area (Å²) < 4.78 is 32.7. The molecule has 0 unspecified atom stereocenters. The fourth-order valence-electron chi connectivity index (χ4n) is 3.32. The first-order valence-electron chi connectivity index (χ1n) is 10.7. The molecule has 2 aliphatic rings. The molecule has 166 valence electrons. The number of carbonyl (C=O) groups excluding carboxylic acids is 2. The number of nitrogens with one attached hydrogen (secondary N) is 2. The van der Waals surface area contributed by atoms with Crippen molar-refractivity contribution in [2.24, 2.45) is 5.92 Å². The van der Waals surface area contributed by atoms with Gasteiger partial charge in [-0.25, -0.2) is 17.9 Å². The lowest BCUT2D eigenvalue weighted by Gasteiger charge is -2.12. The summed E-state index contributed by atoms with van der Waals surface area (Å²) in [6, 6.07) is 7.64. The number of rotatable bonds is 14. The Morgan fingerprint density at radius 1 is 1.13 bits per heavy atom. The zero-order valence-corrected chi connectivity index (χ0v) is 18.1. The Kier molecular flexibility index (Phi) is 8.09.